The smallest absolute Gasteiger partial charge is 0.133 e. The standard InChI is InChI=1S/C16H18BrN4P/c1-20-13-9-5-3-7-11(13)18-15(20)22(17)16-19-12-8-4-6-10-14(12)21(16)2/h3-10,15-16,18-19H,1-2H3. The average molecular weight is 377 g/mol. The molecule has 2 heterocycles. The summed E-state index contributed by atoms with van der Waals surface area (Å²) in [7, 11) is 4.31. The summed E-state index contributed by atoms with van der Waals surface area (Å²) in [4.78, 5) is 4.66. The summed E-state index contributed by atoms with van der Waals surface area (Å²) in [5.41, 5.74) is 4.94. The minimum atomic E-state index is -0.512. The number of anilines is 4. The first-order chi connectivity index (χ1) is 10.7. The minimum absolute atomic E-state index is 0.265. The van der Waals surface area contributed by atoms with E-state index in [1.165, 1.54) is 22.7 Å². The van der Waals surface area contributed by atoms with Crippen LogP contribution in [0.4, 0.5) is 22.7 Å². The van der Waals surface area contributed by atoms with E-state index in [0.29, 0.717) is 0 Å². The number of benzene rings is 2. The highest BCUT2D eigenvalue weighted by molar-refractivity contribution is 9.39. The fraction of sp³-hybridized carbons (Fsp3) is 0.250. The molecule has 4 nitrogen and oxygen atoms in total. The van der Waals surface area contributed by atoms with Gasteiger partial charge < -0.3 is 20.4 Å². The fourth-order valence-corrected chi connectivity index (χ4v) is 7.10. The van der Waals surface area contributed by atoms with E-state index in [0.717, 1.165) is 0 Å². The third-order valence-corrected chi connectivity index (χ3v) is 8.55. The summed E-state index contributed by atoms with van der Waals surface area (Å²) in [6.45, 7) is -0.512. The van der Waals surface area contributed by atoms with Gasteiger partial charge in [0.05, 0.1) is 29.4 Å². The van der Waals surface area contributed by atoms with Crippen molar-refractivity contribution < 1.29 is 0 Å². The van der Waals surface area contributed by atoms with Crippen LogP contribution in [-0.4, -0.2) is 25.9 Å². The van der Waals surface area contributed by atoms with Gasteiger partial charge >= 0.3 is 0 Å². The molecule has 2 aromatic carbocycles. The van der Waals surface area contributed by atoms with E-state index in [1.54, 1.807) is 0 Å². The lowest BCUT2D eigenvalue weighted by Crippen LogP contribution is -2.38. The molecule has 0 aliphatic carbocycles. The van der Waals surface area contributed by atoms with Crippen molar-refractivity contribution in [3.8, 4) is 0 Å². The van der Waals surface area contributed by atoms with E-state index in [1.807, 2.05) is 0 Å². The highest BCUT2D eigenvalue weighted by atomic mass is 79.9. The lowest BCUT2D eigenvalue weighted by molar-refractivity contribution is 0.911. The van der Waals surface area contributed by atoms with Crippen molar-refractivity contribution in [3.05, 3.63) is 48.5 Å². The number of hydrogen-bond acceptors (Lipinski definition) is 4. The third-order valence-electron chi connectivity index (χ3n) is 4.34. The van der Waals surface area contributed by atoms with Gasteiger partial charge in [-0.3, -0.25) is 0 Å². The van der Waals surface area contributed by atoms with Crippen LogP contribution < -0.4 is 20.4 Å². The Morgan fingerprint density at radius 2 is 1.23 bits per heavy atom. The second-order valence-corrected chi connectivity index (χ2v) is 9.76. The largest absolute Gasteiger partial charge is 0.359 e. The maximum atomic E-state index is 3.99. The topological polar surface area (TPSA) is 30.5 Å². The summed E-state index contributed by atoms with van der Waals surface area (Å²) >= 11 is 3.99. The Morgan fingerprint density at radius 1 is 0.818 bits per heavy atom. The molecule has 114 valence electrons. The van der Waals surface area contributed by atoms with Crippen molar-refractivity contribution in [2.24, 2.45) is 0 Å². The molecule has 2 atom stereocenters. The molecule has 6 heteroatoms. The number of hydrogen-bond donors (Lipinski definition) is 2. The molecule has 2 aliphatic heterocycles. The monoisotopic (exact) mass is 376 g/mol. The van der Waals surface area contributed by atoms with Gasteiger partial charge in [0.2, 0.25) is 0 Å². The normalized spacial score (nSPS) is 23.6. The van der Waals surface area contributed by atoms with E-state index in [-0.39, 0.29) is 11.8 Å². The number of nitrogens with one attached hydrogen (secondary N) is 2. The molecular formula is C16H18BrN4P. The van der Waals surface area contributed by atoms with Crippen molar-refractivity contribution in [3.63, 3.8) is 0 Å². The highest BCUT2D eigenvalue weighted by Crippen LogP contribution is 2.60. The van der Waals surface area contributed by atoms with E-state index in [4.69, 9.17) is 0 Å². The van der Waals surface area contributed by atoms with Crippen molar-refractivity contribution in [1.82, 2.24) is 0 Å². The van der Waals surface area contributed by atoms with Crippen LogP contribution in [0.3, 0.4) is 0 Å². The lowest BCUT2D eigenvalue weighted by Gasteiger charge is -2.34. The Bertz CT molecular complexity index is 651. The van der Waals surface area contributed by atoms with Crippen LogP contribution in [0.5, 0.6) is 0 Å². The molecule has 0 amide bonds. The Balaban J connectivity index is 1.58. The fourth-order valence-electron chi connectivity index (χ4n) is 3.13. The first-order valence-electron chi connectivity index (χ1n) is 7.28. The number of fused-ring (bicyclic) bond motifs is 2. The van der Waals surface area contributed by atoms with Gasteiger partial charge in [-0.1, -0.05) is 39.8 Å². The van der Waals surface area contributed by atoms with E-state index in [2.05, 4.69) is 98.5 Å². The van der Waals surface area contributed by atoms with Gasteiger partial charge in [0.25, 0.3) is 0 Å². The molecule has 0 bridgehead atoms. The molecule has 0 saturated carbocycles. The zero-order valence-electron chi connectivity index (χ0n) is 12.5. The van der Waals surface area contributed by atoms with Crippen LogP contribution in [0.1, 0.15) is 0 Å². The first kappa shape index (κ1) is 14.2. The summed E-state index contributed by atoms with van der Waals surface area (Å²) in [6, 6.07) is 16.9. The lowest BCUT2D eigenvalue weighted by atomic mass is 10.3. The highest BCUT2D eigenvalue weighted by Gasteiger charge is 2.40. The van der Waals surface area contributed by atoms with E-state index in [9.17, 15) is 0 Å². The Morgan fingerprint density at radius 3 is 1.64 bits per heavy atom. The second kappa shape index (κ2) is 5.32. The second-order valence-electron chi connectivity index (χ2n) is 5.64. The maximum Gasteiger partial charge on any atom is 0.133 e. The van der Waals surface area contributed by atoms with Gasteiger partial charge in [-0.15, -0.1) is 0 Å². The van der Waals surface area contributed by atoms with Gasteiger partial charge in [-0.05, 0) is 24.3 Å². The Labute approximate surface area is 140 Å². The maximum absolute atomic E-state index is 3.99. The molecule has 4 rings (SSSR count). The number of halogens is 1. The predicted molar refractivity (Wildman–Crippen MR) is 100 cm³/mol. The molecule has 0 spiro atoms. The van der Waals surface area contributed by atoms with Gasteiger partial charge in [-0.25, -0.2) is 0 Å². The third kappa shape index (κ3) is 2.07. The predicted octanol–water partition coefficient (Wildman–Crippen LogP) is 4.47. The molecule has 0 saturated heterocycles. The molecule has 22 heavy (non-hydrogen) atoms. The molecule has 2 aliphatic rings. The summed E-state index contributed by atoms with van der Waals surface area (Å²) in [5.74, 6) is 0.531. The van der Waals surface area contributed by atoms with Crippen molar-refractivity contribution in [1.29, 1.82) is 0 Å². The van der Waals surface area contributed by atoms with Crippen LogP contribution in [-0.2, 0) is 0 Å². The molecule has 0 fully saturated rings. The zero-order valence-corrected chi connectivity index (χ0v) is 15.0. The number of nitrogens with zero attached hydrogens (tertiary/aromatic N) is 2. The Hall–Kier alpha value is -1.45. The average Bonchev–Trinajstić information content (AvgIpc) is 3.06. The first-order valence-corrected chi connectivity index (χ1v) is 10.8. The van der Waals surface area contributed by atoms with Crippen LogP contribution >= 0.6 is 22.1 Å². The summed E-state index contributed by atoms with van der Waals surface area (Å²) in [5, 5.41) is 7.30. The molecule has 2 unspecified atom stereocenters. The van der Waals surface area contributed by atoms with Gasteiger partial charge in [-0.2, -0.15) is 0 Å². The Kier molecular flexibility index (Phi) is 3.43. The zero-order chi connectivity index (χ0) is 15.3. The van der Waals surface area contributed by atoms with Gasteiger partial charge in [0.1, 0.15) is 11.8 Å². The van der Waals surface area contributed by atoms with Crippen LogP contribution in [0.25, 0.3) is 0 Å². The molecule has 0 radical (unpaired) electrons. The number of para-hydroxylation sites is 4. The van der Waals surface area contributed by atoms with Gasteiger partial charge in [0.15, 0.2) is 0 Å². The van der Waals surface area contributed by atoms with Gasteiger partial charge in [0, 0.05) is 14.1 Å². The molecule has 2 N–H and O–H groups in total. The molecule has 0 aromatic heterocycles. The summed E-state index contributed by atoms with van der Waals surface area (Å²) < 4.78 is 0. The SMILES string of the molecule is CN1c2ccccc2NC1P(Br)C1Nc2ccccc2N1C. The van der Waals surface area contributed by atoms with Crippen molar-refractivity contribution in [2.45, 2.75) is 11.8 Å². The van der Waals surface area contributed by atoms with Crippen molar-refractivity contribution in [2.75, 3.05) is 34.5 Å². The van der Waals surface area contributed by atoms with E-state index >= 15 is 0 Å². The van der Waals surface area contributed by atoms with Crippen molar-refractivity contribution >= 4 is 44.9 Å². The van der Waals surface area contributed by atoms with E-state index < -0.39 is 6.62 Å². The van der Waals surface area contributed by atoms with Crippen LogP contribution in [0.15, 0.2) is 48.5 Å². The van der Waals surface area contributed by atoms with Crippen LogP contribution in [0.2, 0.25) is 0 Å². The quantitative estimate of drug-likeness (QED) is 0.757. The number of rotatable bonds is 2. The minimum Gasteiger partial charge on any atom is -0.359 e. The summed E-state index contributed by atoms with van der Waals surface area (Å²) in [6.07, 6.45) is 0. The molecule has 2 aromatic rings. The van der Waals surface area contributed by atoms with Crippen LogP contribution in [0, 0.1) is 0 Å². The molecular weight excluding hydrogens is 359 g/mol.